The van der Waals surface area contributed by atoms with Crippen molar-refractivity contribution in [3.05, 3.63) is 0 Å². The predicted octanol–water partition coefficient (Wildman–Crippen LogP) is 2.77. The van der Waals surface area contributed by atoms with Crippen molar-refractivity contribution in [2.24, 2.45) is 11.7 Å². The van der Waals surface area contributed by atoms with Gasteiger partial charge in [-0.2, -0.15) is 0 Å². The molecule has 0 amide bonds. The van der Waals surface area contributed by atoms with Gasteiger partial charge in [0.05, 0.1) is 31.0 Å². The lowest BCUT2D eigenvalue weighted by atomic mass is 10.0. The third-order valence-electron chi connectivity index (χ3n) is 2.70. The van der Waals surface area contributed by atoms with Crippen molar-refractivity contribution < 1.29 is 29.1 Å². The maximum atomic E-state index is 12.0. The zero-order valence-electron chi connectivity index (χ0n) is 16.2. The van der Waals surface area contributed by atoms with Crippen LogP contribution in [0.1, 0.15) is 61.3 Å². The molecule has 0 bridgehead atoms. The van der Waals surface area contributed by atoms with Gasteiger partial charge in [0.25, 0.3) is 0 Å². The average Bonchev–Trinajstić information content (AvgIpc) is 2.42. The summed E-state index contributed by atoms with van der Waals surface area (Å²) < 4.78 is 5.16. The average molecular weight is 349 g/mol. The Balaban J connectivity index is 4.55. The third kappa shape index (κ3) is 12.7. The summed E-state index contributed by atoms with van der Waals surface area (Å²) in [4.78, 5) is 32.9. The molecular weight excluding hydrogens is 314 g/mol. The molecule has 0 aliphatic rings. The van der Waals surface area contributed by atoms with E-state index in [-0.39, 0.29) is 13.2 Å². The molecule has 0 spiro atoms. The Labute approximate surface area is 146 Å². The van der Waals surface area contributed by atoms with Crippen LogP contribution in [0.4, 0.5) is 0 Å². The fourth-order valence-electron chi connectivity index (χ4n) is 1.46. The smallest absolute Gasteiger partial charge is 0.323 e. The molecule has 0 aromatic rings. The summed E-state index contributed by atoms with van der Waals surface area (Å²) in [6, 6.07) is -0.881. The lowest BCUT2D eigenvalue weighted by molar-refractivity contribution is -0.375. The predicted molar refractivity (Wildman–Crippen MR) is 90.9 cm³/mol. The highest BCUT2D eigenvalue weighted by Crippen LogP contribution is 2.14. The van der Waals surface area contributed by atoms with Crippen LogP contribution in [0.25, 0.3) is 0 Å². The fourth-order valence-corrected chi connectivity index (χ4v) is 1.46. The molecule has 0 aromatic heterocycles. The highest BCUT2D eigenvalue weighted by molar-refractivity contribution is 5.75. The molecule has 2 N–H and O–H groups in total. The summed E-state index contributed by atoms with van der Waals surface area (Å²) in [5, 5.41) is 0. The number of carbonyl (C=O) groups is 1. The summed E-state index contributed by atoms with van der Waals surface area (Å²) in [6.45, 7) is 13.7. The summed E-state index contributed by atoms with van der Waals surface area (Å²) in [5.41, 5.74) is 5.08. The van der Waals surface area contributed by atoms with Crippen molar-refractivity contribution in [1.29, 1.82) is 0 Å². The molecule has 0 fully saturated rings. The van der Waals surface area contributed by atoms with E-state index in [1.165, 1.54) is 0 Å². The van der Waals surface area contributed by atoms with Crippen LogP contribution in [0.5, 0.6) is 0 Å². The van der Waals surface area contributed by atoms with E-state index in [0.717, 1.165) is 12.8 Å². The molecule has 7 heteroatoms. The van der Waals surface area contributed by atoms with Gasteiger partial charge < -0.3 is 10.5 Å². The highest BCUT2D eigenvalue weighted by atomic mass is 17.2. The van der Waals surface area contributed by atoms with E-state index in [1.807, 2.05) is 48.5 Å². The zero-order valence-corrected chi connectivity index (χ0v) is 16.2. The minimum atomic E-state index is -0.881. The lowest BCUT2D eigenvalue weighted by Crippen LogP contribution is -2.44. The first kappa shape index (κ1) is 23.3. The summed E-state index contributed by atoms with van der Waals surface area (Å²) >= 11 is 0. The van der Waals surface area contributed by atoms with Crippen LogP contribution in [0.15, 0.2) is 0 Å². The Morgan fingerprint density at radius 1 is 0.958 bits per heavy atom. The van der Waals surface area contributed by atoms with Crippen LogP contribution < -0.4 is 5.73 Å². The van der Waals surface area contributed by atoms with Crippen molar-refractivity contribution in [3.63, 3.8) is 0 Å². The summed E-state index contributed by atoms with van der Waals surface area (Å²) in [5.74, 6) is -0.934. The Hall–Kier alpha value is -0.730. The van der Waals surface area contributed by atoms with Gasteiger partial charge in [0.2, 0.25) is 0 Å². The standard InChI is InChI=1S/C17H35NO6/c1-8-9-10-20-15(19)14(18)13(11-21-23-16(2,3)4)12-22-24-17(5,6)7/h13-14H,8-12,18H2,1-7H3/t14-/m0/s1. The Morgan fingerprint density at radius 2 is 1.42 bits per heavy atom. The van der Waals surface area contributed by atoms with Gasteiger partial charge in [-0.1, -0.05) is 13.3 Å². The van der Waals surface area contributed by atoms with E-state index in [9.17, 15) is 4.79 Å². The van der Waals surface area contributed by atoms with Gasteiger partial charge in [0.1, 0.15) is 6.04 Å². The Kier molecular flexibility index (Phi) is 10.7. The molecule has 0 rings (SSSR count). The lowest BCUT2D eigenvalue weighted by Gasteiger charge is -2.25. The number of hydrogen-bond donors (Lipinski definition) is 1. The number of rotatable bonds is 11. The molecular formula is C17H35NO6. The van der Waals surface area contributed by atoms with Gasteiger partial charge in [-0.25, -0.2) is 19.6 Å². The van der Waals surface area contributed by atoms with Crippen LogP contribution in [0.2, 0.25) is 0 Å². The van der Waals surface area contributed by atoms with Crippen LogP contribution >= 0.6 is 0 Å². The SMILES string of the molecule is CCCCOC(=O)[C@@H](N)C(COOC(C)(C)C)COOC(C)(C)C. The minimum Gasteiger partial charge on any atom is -0.465 e. The van der Waals surface area contributed by atoms with E-state index < -0.39 is 29.1 Å². The number of unbranched alkanes of at least 4 members (excludes halogenated alkanes) is 1. The second-order valence-corrected chi connectivity index (χ2v) is 7.77. The van der Waals surface area contributed by atoms with E-state index in [1.54, 1.807) is 0 Å². The molecule has 0 saturated carbocycles. The van der Waals surface area contributed by atoms with Gasteiger partial charge >= 0.3 is 5.97 Å². The number of hydrogen-bond acceptors (Lipinski definition) is 7. The first-order valence-electron chi connectivity index (χ1n) is 8.49. The van der Waals surface area contributed by atoms with E-state index in [2.05, 4.69) is 0 Å². The molecule has 144 valence electrons. The first-order chi connectivity index (χ1) is 11.0. The van der Waals surface area contributed by atoms with Crippen LogP contribution in [0, 0.1) is 5.92 Å². The fraction of sp³-hybridized carbons (Fsp3) is 0.941. The molecule has 0 aliphatic heterocycles. The van der Waals surface area contributed by atoms with Crippen molar-refractivity contribution in [3.8, 4) is 0 Å². The van der Waals surface area contributed by atoms with E-state index >= 15 is 0 Å². The van der Waals surface area contributed by atoms with Crippen molar-refractivity contribution in [2.45, 2.75) is 78.6 Å². The Bertz CT molecular complexity index is 328. The van der Waals surface area contributed by atoms with Gasteiger partial charge in [0, 0.05) is 5.92 Å². The molecule has 0 saturated heterocycles. The van der Waals surface area contributed by atoms with Gasteiger partial charge in [-0.15, -0.1) is 0 Å². The van der Waals surface area contributed by atoms with E-state index in [0.29, 0.717) is 6.61 Å². The maximum Gasteiger partial charge on any atom is 0.323 e. The van der Waals surface area contributed by atoms with Crippen LogP contribution in [-0.4, -0.2) is 43.0 Å². The summed E-state index contributed by atoms with van der Waals surface area (Å²) in [7, 11) is 0. The zero-order chi connectivity index (χ0) is 18.8. The third-order valence-corrected chi connectivity index (χ3v) is 2.70. The molecule has 7 nitrogen and oxygen atoms in total. The van der Waals surface area contributed by atoms with Crippen LogP contribution in [0.3, 0.4) is 0 Å². The van der Waals surface area contributed by atoms with Gasteiger partial charge in [-0.3, -0.25) is 4.79 Å². The normalized spacial score (nSPS) is 14.0. The molecule has 0 heterocycles. The quantitative estimate of drug-likeness (QED) is 0.265. The minimum absolute atomic E-state index is 0.0921. The molecule has 0 radical (unpaired) electrons. The van der Waals surface area contributed by atoms with Crippen LogP contribution in [-0.2, 0) is 29.1 Å². The number of carbonyl (C=O) groups excluding carboxylic acids is 1. The molecule has 0 unspecified atom stereocenters. The first-order valence-corrected chi connectivity index (χ1v) is 8.49. The monoisotopic (exact) mass is 349 g/mol. The Morgan fingerprint density at radius 3 is 1.79 bits per heavy atom. The molecule has 24 heavy (non-hydrogen) atoms. The van der Waals surface area contributed by atoms with Crippen molar-refractivity contribution in [2.75, 3.05) is 19.8 Å². The van der Waals surface area contributed by atoms with Crippen molar-refractivity contribution in [1.82, 2.24) is 0 Å². The maximum absolute atomic E-state index is 12.0. The summed E-state index contributed by atoms with van der Waals surface area (Å²) in [6.07, 6.45) is 1.74. The largest absolute Gasteiger partial charge is 0.465 e. The van der Waals surface area contributed by atoms with Gasteiger partial charge in [0.15, 0.2) is 0 Å². The molecule has 0 aromatic carbocycles. The highest BCUT2D eigenvalue weighted by Gasteiger charge is 2.29. The topological polar surface area (TPSA) is 89.2 Å². The van der Waals surface area contributed by atoms with Crippen molar-refractivity contribution >= 4 is 5.97 Å². The number of ether oxygens (including phenoxy) is 1. The molecule has 1 atom stereocenters. The number of nitrogens with two attached hydrogens (primary N) is 1. The van der Waals surface area contributed by atoms with Gasteiger partial charge in [-0.05, 0) is 48.0 Å². The second-order valence-electron chi connectivity index (χ2n) is 7.77. The van der Waals surface area contributed by atoms with E-state index in [4.69, 9.17) is 30.0 Å². The molecule has 0 aliphatic carbocycles. The second kappa shape index (κ2) is 11.0. The number of esters is 1.